The van der Waals surface area contributed by atoms with E-state index in [0.29, 0.717) is 12.3 Å². The van der Waals surface area contributed by atoms with Crippen molar-refractivity contribution >= 4 is 17.5 Å². The lowest BCUT2D eigenvalue weighted by atomic mass is 10.1. The van der Waals surface area contributed by atoms with Gasteiger partial charge in [-0.15, -0.1) is 0 Å². The number of benzene rings is 1. The molecule has 0 aromatic heterocycles. The molecule has 1 aliphatic heterocycles. The van der Waals surface area contributed by atoms with Crippen LogP contribution < -0.4 is 5.32 Å². The number of piperazine rings is 1. The molecule has 0 unspecified atom stereocenters. The average Bonchev–Trinajstić information content (AvgIpc) is 2.54. The summed E-state index contributed by atoms with van der Waals surface area (Å²) in [7, 11) is 2.17. The number of carbonyl (C=O) groups is 1. The quantitative estimate of drug-likeness (QED) is 0.829. The molecule has 1 atom stereocenters. The molecule has 0 radical (unpaired) electrons. The zero-order chi connectivity index (χ0) is 16.7. The van der Waals surface area contributed by atoms with Gasteiger partial charge >= 0.3 is 0 Å². The van der Waals surface area contributed by atoms with Crippen LogP contribution in [0.25, 0.3) is 0 Å². The van der Waals surface area contributed by atoms with Crippen molar-refractivity contribution in [2.75, 3.05) is 46.3 Å². The monoisotopic (exact) mass is 337 g/mol. The topological polar surface area (TPSA) is 35.6 Å². The van der Waals surface area contributed by atoms with E-state index >= 15 is 0 Å². The third-order valence-corrected chi connectivity index (χ3v) is 4.62. The van der Waals surface area contributed by atoms with E-state index in [1.807, 2.05) is 24.3 Å². The Hall–Kier alpha value is -1.10. The first-order valence-electron chi connectivity index (χ1n) is 8.45. The van der Waals surface area contributed by atoms with Crippen molar-refractivity contribution in [3.63, 3.8) is 0 Å². The highest BCUT2D eigenvalue weighted by Gasteiger charge is 2.16. The van der Waals surface area contributed by atoms with Crippen molar-refractivity contribution in [2.24, 2.45) is 5.92 Å². The van der Waals surface area contributed by atoms with Gasteiger partial charge in [0.25, 0.3) is 0 Å². The molecule has 23 heavy (non-hydrogen) atoms. The molecule has 1 saturated heterocycles. The summed E-state index contributed by atoms with van der Waals surface area (Å²) in [6.07, 6.45) is 1.29. The Balaban J connectivity index is 1.60. The van der Waals surface area contributed by atoms with E-state index in [4.69, 9.17) is 11.6 Å². The Bertz CT molecular complexity index is 484. The van der Waals surface area contributed by atoms with Gasteiger partial charge in [-0.3, -0.25) is 4.79 Å². The second-order valence-corrected chi connectivity index (χ2v) is 7.08. The van der Waals surface area contributed by atoms with Crippen LogP contribution in [-0.4, -0.2) is 62.0 Å². The minimum absolute atomic E-state index is 0.130. The molecule has 1 fully saturated rings. The van der Waals surface area contributed by atoms with Crippen LogP contribution >= 0.6 is 11.6 Å². The first-order valence-corrected chi connectivity index (χ1v) is 8.83. The fourth-order valence-corrected chi connectivity index (χ4v) is 2.95. The largest absolute Gasteiger partial charge is 0.356 e. The van der Waals surface area contributed by atoms with Gasteiger partial charge in [0.15, 0.2) is 0 Å². The molecule has 1 aromatic rings. The summed E-state index contributed by atoms with van der Waals surface area (Å²) in [6, 6.07) is 7.69. The Labute approximate surface area is 144 Å². The van der Waals surface area contributed by atoms with Crippen LogP contribution in [0.4, 0.5) is 0 Å². The Morgan fingerprint density at radius 2 is 1.87 bits per heavy atom. The molecule has 0 spiro atoms. The number of aryl methyl sites for hydroxylation is 1. The number of amides is 1. The molecule has 128 valence electrons. The van der Waals surface area contributed by atoms with Crippen molar-refractivity contribution in [3.05, 3.63) is 34.9 Å². The van der Waals surface area contributed by atoms with Crippen molar-refractivity contribution in [2.45, 2.75) is 19.8 Å². The van der Waals surface area contributed by atoms with E-state index in [0.717, 1.165) is 56.3 Å². The van der Waals surface area contributed by atoms with Gasteiger partial charge in [0.1, 0.15) is 0 Å². The number of likely N-dealkylation sites (N-methyl/N-ethyl adjacent to an activating group) is 1. The maximum absolute atomic E-state index is 12.0. The summed E-state index contributed by atoms with van der Waals surface area (Å²) in [5.41, 5.74) is 1.15. The van der Waals surface area contributed by atoms with E-state index in [1.54, 1.807) is 0 Å². The van der Waals surface area contributed by atoms with Gasteiger partial charge in [0.05, 0.1) is 0 Å². The van der Waals surface area contributed by atoms with Crippen molar-refractivity contribution in [1.29, 1.82) is 0 Å². The van der Waals surface area contributed by atoms with E-state index < -0.39 is 0 Å². The van der Waals surface area contributed by atoms with Gasteiger partial charge < -0.3 is 15.1 Å². The Kier molecular flexibility index (Phi) is 7.34. The number of hydrogen-bond acceptors (Lipinski definition) is 3. The zero-order valence-corrected chi connectivity index (χ0v) is 15.0. The van der Waals surface area contributed by atoms with Crippen molar-refractivity contribution < 1.29 is 4.79 Å². The van der Waals surface area contributed by atoms with Crippen molar-refractivity contribution in [3.8, 4) is 0 Å². The number of hydrogen-bond donors (Lipinski definition) is 1. The number of halogens is 1. The Morgan fingerprint density at radius 3 is 2.52 bits per heavy atom. The summed E-state index contributed by atoms with van der Waals surface area (Å²) in [4.78, 5) is 16.8. The van der Waals surface area contributed by atoms with E-state index in [-0.39, 0.29) is 5.91 Å². The predicted octanol–water partition coefficient (Wildman–Crippen LogP) is 2.27. The summed E-state index contributed by atoms with van der Waals surface area (Å²) < 4.78 is 0. The fourth-order valence-electron chi connectivity index (χ4n) is 2.82. The molecular formula is C18H28ClN3O. The van der Waals surface area contributed by atoms with Crippen LogP contribution in [0.15, 0.2) is 24.3 Å². The van der Waals surface area contributed by atoms with Crippen LogP contribution in [0, 0.1) is 5.92 Å². The zero-order valence-electron chi connectivity index (χ0n) is 14.2. The molecule has 2 rings (SSSR count). The average molecular weight is 338 g/mol. The van der Waals surface area contributed by atoms with Crippen LogP contribution in [0.1, 0.15) is 18.9 Å². The molecule has 5 heteroatoms. The third-order valence-electron chi connectivity index (χ3n) is 4.37. The molecule has 0 saturated carbocycles. The second kappa shape index (κ2) is 9.26. The number of nitrogens with zero attached hydrogens (tertiary/aromatic N) is 2. The second-order valence-electron chi connectivity index (χ2n) is 6.64. The summed E-state index contributed by atoms with van der Waals surface area (Å²) in [5, 5.41) is 3.79. The van der Waals surface area contributed by atoms with E-state index in [1.165, 1.54) is 0 Å². The highest BCUT2D eigenvalue weighted by molar-refractivity contribution is 6.30. The number of carbonyl (C=O) groups excluding carboxylic acids is 1. The minimum Gasteiger partial charge on any atom is -0.356 e. The van der Waals surface area contributed by atoms with Crippen molar-refractivity contribution in [1.82, 2.24) is 15.1 Å². The summed E-state index contributed by atoms with van der Waals surface area (Å²) in [6.45, 7) is 8.56. The lowest BCUT2D eigenvalue weighted by Crippen LogP contribution is -2.46. The standard InChI is InChI=1S/C18H28ClN3O/c1-15(14-22-11-9-21(2)10-12-22)13-20-18(23)8-5-16-3-6-17(19)7-4-16/h3-4,6-7,15H,5,8-14H2,1-2H3,(H,20,23)/t15-/m1/s1. The first-order chi connectivity index (χ1) is 11.0. The van der Waals surface area contributed by atoms with Gasteiger partial charge in [-0.05, 0) is 37.1 Å². The molecule has 1 N–H and O–H groups in total. The fraction of sp³-hybridized carbons (Fsp3) is 0.611. The lowest BCUT2D eigenvalue weighted by molar-refractivity contribution is -0.121. The van der Waals surface area contributed by atoms with Crippen LogP contribution in [-0.2, 0) is 11.2 Å². The molecule has 4 nitrogen and oxygen atoms in total. The maximum Gasteiger partial charge on any atom is 0.220 e. The SMILES string of the molecule is C[C@H](CNC(=O)CCc1ccc(Cl)cc1)CN1CCN(C)CC1. The summed E-state index contributed by atoms with van der Waals surface area (Å²) in [5.74, 6) is 0.614. The van der Waals surface area contributed by atoms with Crippen LogP contribution in [0.5, 0.6) is 0 Å². The summed E-state index contributed by atoms with van der Waals surface area (Å²) >= 11 is 5.86. The maximum atomic E-state index is 12.0. The van der Waals surface area contributed by atoms with Crippen LogP contribution in [0.3, 0.4) is 0 Å². The molecule has 1 aliphatic rings. The first kappa shape index (κ1) is 18.2. The Morgan fingerprint density at radius 1 is 1.22 bits per heavy atom. The highest BCUT2D eigenvalue weighted by Crippen LogP contribution is 2.11. The van der Waals surface area contributed by atoms with E-state index in [2.05, 4.69) is 29.1 Å². The highest BCUT2D eigenvalue weighted by atomic mass is 35.5. The van der Waals surface area contributed by atoms with Crippen LogP contribution in [0.2, 0.25) is 5.02 Å². The molecule has 1 heterocycles. The number of nitrogens with one attached hydrogen (secondary N) is 1. The van der Waals surface area contributed by atoms with E-state index in [9.17, 15) is 4.79 Å². The normalized spacial score (nSPS) is 17.9. The van der Waals surface area contributed by atoms with Gasteiger partial charge in [0, 0.05) is 50.7 Å². The number of rotatable bonds is 7. The minimum atomic E-state index is 0.130. The lowest BCUT2D eigenvalue weighted by Gasteiger charge is -2.33. The van der Waals surface area contributed by atoms with Gasteiger partial charge in [-0.25, -0.2) is 0 Å². The molecular weight excluding hydrogens is 310 g/mol. The molecule has 1 aromatic carbocycles. The smallest absolute Gasteiger partial charge is 0.220 e. The molecule has 0 bridgehead atoms. The van der Waals surface area contributed by atoms with Gasteiger partial charge in [0.2, 0.25) is 5.91 Å². The predicted molar refractivity (Wildman–Crippen MR) is 95.9 cm³/mol. The van der Waals surface area contributed by atoms with Gasteiger partial charge in [-0.1, -0.05) is 30.7 Å². The molecule has 1 amide bonds. The molecule has 0 aliphatic carbocycles. The van der Waals surface area contributed by atoms with Gasteiger partial charge in [-0.2, -0.15) is 0 Å². The third kappa shape index (κ3) is 6.90.